The summed E-state index contributed by atoms with van der Waals surface area (Å²) in [6.45, 7) is 7.51. The van der Waals surface area contributed by atoms with Crippen molar-refractivity contribution in [2.75, 3.05) is 6.54 Å². The molecule has 0 aliphatic heterocycles. The molecule has 1 saturated carbocycles. The Kier molecular flexibility index (Phi) is 4.33. The number of hydrogen-bond acceptors (Lipinski definition) is 2. The van der Waals surface area contributed by atoms with Crippen molar-refractivity contribution in [3.8, 4) is 0 Å². The Morgan fingerprint density at radius 1 is 1.50 bits per heavy atom. The highest BCUT2D eigenvalue weighted by atomic mass is 35.5. The van der Waals surface area contributed by atoms with E-state index in [-0.39, 0.29) is 0 Å². The summed E-state index contributed by atoms with van der Waals surface area (Å²) in [4.78, 5) is 0. The summed E-state index contributed by atoms with van der Waals surface area (Å²) in [5.74, 6) is 1.62. The minimum absolute atomic E-state index is 0.509. The molecule has 1 fully saturated rings. The number of nitrogens with one attached hydrogen (secondary N) is 1. The van der Waals surface area contributed by atoms with E-state index in [1.165, 1.54) is 12.8 Å². The first-order valence-corrected chi connectivity index (χ1v) is 7.33. The Balaban J connectivity index is 2.12. The van der Waals surface area contributed by atoms with Gasteiger partial charge in [0.2, 0.25) is 0 Å². The maximum Gasteiger partial charge on any atom is 0.0847 e. The Morgan fingerprint density at radius 3 is 2.61 bits per heavy atom. The van der Waals surface area contributed by atoms with E-state index in [1.807, 2.05) is 18.7 Å². The van der Waals surface area contributed by atoms with E-state index in [2.05, 4.69) is 24.3 Å². The van der Waals surface area contributed by atoms with Gasteiger partial charge in [0, 0.05) is 19.5 Å². The van der Waals surface area contributed by atoms with Crippen LogP contribution in [0.4, 0.5) is 0 Å². The van der Waals surface area contributed by atoms with E-state index in [4.69, 9.17) is 11.6 Å². The number of aromatic nitrogens is 2. The fourth-order valence-corrected chi connectivity index (χ4v) is 3.00. The standard InChI is InChI=1S/C14H24ClN3/c1-5-16-12(9(2)11-6-7-11)8-13-14(15)10(3)17-18(13)4/h9,11-12,16H,5-8H2,1-4H3. The molecule has 1 aliphatic carbocycles. The number of nitrogens with zero attached hydrogens (tertiary/aromatic N) is 2. The van der Waals surface area contributed by atoms with Crippen LogP contribution >= 0.6 is 11.6 Å². The van der Waals surface area contributed by atoms with Gasteiger partial charge in [-0.15, -0.1) is 0 Å². The van der Waals surface area contributed by atoms with E-state index in [0.717, 1.165) is 41.2 Å². The van der Waals surface area contributed by atoms with Gasteiger partial charge in [-0.05, 0) is 38.1 Å². The Hall–Kier alpha value is -0.540. The summed E-state index contributed by atoms with van der Waals surface area (Å²) >= 11 is 6.35. The Morgan fingerprint density at radius 2 is 2.17 bits per heavy atom. The van der Waals surface area contributed by atoms with Gasteiger partial charge in [-0.3, -0.25) is 4.68 Å². The molecule has 4 heteroatoms. The summed E-state index contributed by atoms with van der Waals surface area (Å²) in [7, 11) is 1.99. The molecule has 1 heterocycles. The van der Waals surface area contributed by atoms with Crippen molar-refractivity contribution >= 4 is 11.6 Å². The molecule has 18 heavy (non-hydrogen) atoms. The van der Waals surface area contributed by atoms with Gasteiger partial charge in [0.05, 0.1) is 16.4 Å². The molecule has 1 aromatic rings. The molecule has 0 aromatic carbocycles. The van der Waals surface area contributed by atoms with Gasteiger partial charge in [-0.1, -0.05) is 25.4 Å². The highest BCUT2D eigenvalue weighted by Crippen LogP contribution is 2.39. The monoisotopic (exact) mass is 269 g/mol. The number of rotatable bonds is 6. The first kappa shape index (κ1) is 13.9. The predicted octanol–water partition coefficient (Wildman–Crippen LogP) is 2.95. The van der Waals surface area contributed by atoms with Crippen LogP contribution in [0.2, 0.25) is 5.02 Å². The van der Waals surface area contributed by atoms with Crippen LogP contribution in [-0.2, 0) is 13.5 Å². The molecule has 1 aliphatic rings. The third kappa shape index (κ3) is 2.89. The normalized spacial score (nSPS) is 18.9. The van der Waals surface area contributed by atoms with Crippen LogP contribution < -0.4 is 5.32 Å². The van der Waals surface area contributed by atoms with Crippen LogP contribution in [0.3, 0.4) is 0 Å². The lowest BCUT2D eigenvalue weighted by Crippen LogP contribution is -2.38. The van der Waals surface area contributed by atoms with Crippen LogP contribution in [0.15, 0.2) is 0 Å². The molecule has 2 unspecified atom stereocenters. The molecule has 0 bridgehead atoms. The maximum absolute atomic E-state index is 6.35. The second-order valence-electron chi connectivity index (χ2n) is 5.53. The molecule has 3 nitrogen and oxygen atoms in total. The van der Waals surface area contributed by atoms with E-state index in [9.17, 15) is 0 Å². The van der Waals surface area contributed by atoms with Crippen molar-refractivity contribution in [2.24, 2.45) is 18.9 Å². The smallest absolute Gasteiger partial charge is 0.0847 e. The summed E-state index contributed by atoms with van der Waals surface area (Å²) < 4.78 is 1.93. The van der Waals surface area contributed by atoms with E-state index < -0.39 is 0 Å². The minimum atomic E-state index is 0.509. The molecule has 0 amide bonds. The van der Waals surface area contributed by atoms with E-state index in [1.54, 1.807) is 0 Å². The average molecular weight is 270 g/mol. The molecule has 0 spiro atoms. The fraction of sp³-hybridized carbons (Fsp3) is 0.786. The van der Waals surface area contributed by atoms with E-state index in [0.29, 0.717) is 6.04 Å². The lowest BCUT2D eigenvalue weighted by atomic mass is 9.92. The van der Waals surface area contributed by atoms with Crippen molar-refractivity contribution < 1.29 is 0 Å². The molecular formula is C14H24ClN3. The van der Waals surface area contributed by atoms with E-state index >= 15 is 0 Å². The number of hydrogen-bond donors (Lipinski definition) is 1. The van der Waals surface area contributed by atoms with Crippen LogP contribution in [0.25, 0.3) is 0 Å². The van der Waals surface area contributed by atoms with Crippen LogP contribution in [-0.4, -0.2) is 22.4 Å². The van der Waals surface area contributed by atoms with Crippen molar-refractivity contribution in [3.05, 3.63) is 16.4 Å². The quantitative estimate of drug-likeness (QED) is 0.861. The lowest BCUT2D eigenvalue weighted by molar-refractivity contribution is 0.339. The third-order valence-electron chi connectivity index (χ3n) is 4.14. The molecule has 102 valence electrons. The maximum atomic E-state index is 6.35. The summed E-state index contributed by atoms with van der Waals surface area (Å²) in [6, 6.07) is 0.509. The van der Waals surface area contributed by atoms with Crippen molar-refractivity contribution in [2.45, 2.75) is 46.1 Å². The van der Waals surface area contributed by atoms with Crippen LogP contribution in [0, 0.1) is 18.8 Å². The summed E-state index contributed by atoms with van der Waals surface area (Å²) in [6.07, 6.45) is 3.75. The van der Waals surface area contributed by atoms with Crippen molar-refractivity contribution in [1.82, 2.24) is 15.1 Å². The van der Waals surface area contributed by atoms with Crippen LogP contribution in [0.1, 0.15) is 38.1 Å². The van der Waals surface area contributed by atoms with Crippen molar-refractivity contribution in [1.29, 1.82) is 0 Å². The third-order valence-corrected chi connectivity index (χ3v) is 4.63. The molecular weight excluding hydrogens is 246 g/mol. The number of halogens is 1. The van der Waals surface area contributed by atoms with Gasteiger partial charge in [0.1, 0.15) is 0 Å². The van der Waals surface area contributed by atoms with Gasteiger partial charge in [0.15, 0.2) is 0 Å². The van der Waals surface area contributed by atoms with Gasteiger partial charge in [-0.2, -0.15) is 5.10 Å². The molecule has 0 radical (unpaired) electrons. The zero-order chi connectivity index (χ0) is 13.3. The zero-order valence-electron chi connectivity index (χ0n) is 11.8. The van der Waals surface area contributed by atoms with Crippen LogP contribution in [0.5, 0.6) is 0 Å². The Labute approximate surface area is 115 Å². The fourth-order valence-electron chi connectivity index (χ4n) is 2.77. The molecule has 1 N–H and O–H groups in total. The molecule has 2 atom stereocenters. The second kappa shape index (κ2) is 5.62. The Bertz CT molecular complexity index is 409. The van der Waals surface area contributed by atoms with Gasteiger partial charge in [0.25, 0.3) is 0 Å². The number of aryl methyl sites for hydroxylation is 2. The summed E-state index contributed by atoms with van der Waals surface area (Å²) in [5.41, 5.74) is 2.09. The first-order valence-electron chi connectivity index (χ1n) is 6.96. The zero-order valence-corrected chi connectivity index (χ0v) is 12.6. The predicted molar refractivity (Wildman–Crippen MR) is 76.0 cm³/mol. The molecule has 0 saturated heterocycles. The molecule has 2 rings (SSSR count). The molecule has 1 aromatic heterocycles. The highest BCUT2D eigenvalue weighted by molar-refractivity contribution is 6.31. The lowest BCUT2D eigenvalue weighted by Gasteiger charge is -2.25. The minimum Gasteiger partial charge on any atom is -0.314 e. The largest absolute Gasteiger partial charge is 0.314 e. The average Bonchev–Trinajstić information content (AvgIpc) is 3.13. The summed E-state index contributed by atoms with van der Waals surface area (Å²) in [5, 5.41) is 8.85. The van der Waals surface area contributed by atoms with Crippen molar-refractivity contribution in [3.63, 3.8) is 0 Å². The topological polar surface area (TPSA) is 29.9 Å². The van der Waals surface area contributed by atoms with Gasteiger partial charge < -0.3 is 5.32 Å². The first-order chi connectivity index (χ1) is 8.54. The number of likely N-dealkylation sites (N-methyl/N-ethyl adjacent to an activating group) is 1. The SMILES string of the molecule is CCNC(Cc1c(Cl)c(C)nn1C)C(C)C1CC1. The highest BCUT2D eigenvalue weighted by Gasteiger charge is 2.33. The second-order valence-corrected chi connectivity index (χ2v) is 5.91. The van der Waals surface area contributed by atoms with Gasteiger partial charge >= 0.3 is 0 Å². The van der Waals surface area contributed by atoms with Gasteiger partial charge in [-0.25, -0.2) is 0 Å².